The van der Waals surface area contributed by atoms with E-state index in [1.165, 1.54) is 24.3 Å². The third-order valence-electron chi connectivity index (χ3n) is 7.99. The maximum absolute atomic E-state index is 14.0. The van der Waals surface area contributed by atoms with Gasteiger partial charge in [-0.05, 0) is 64.7 Å². The topological polar surface area (TPSA) is 136 Å². The van der Waals surface area contributed by atoms with Crippen molar-refractivity contribution in [3.8, 4) is 0 Å². The van der Waals surface area contributed by atoms with Crippen LogP contribution in [0, 0.1) is 11.3 Å². The van der Waals surface area contributed by atoms with Crippen LogP contribution in [0.1, 0.15) is 100 Å². The highest BCUT2D eigenvalue weighted by Gasteiger charge is 2.47. The minimum Gasteiger partial charge on any atom is -0.375 e. The van der Waals surface area contributed by atoms with Gasteiger partial charge in [0.1, 0.15) is 16.8 Å². The molecule has 0 radical (unpaired) electrons. The first-order valence-electron chi connectivity index (χ1n) is 16.0. The van der Waals surface area contributed by atoms with Gasteiger partial charge in [-0.2, -0.15) is 8.42 Å². The zero-order valence-corrected chi connectivity index (χ0v) is 30.1. The lowest BCUT2D eigenvalue weighted by atomic mass is 9.71. The molecule has 1 amide bonds. The Kier molecular flexibility index (Phi) is 15.9. The van der Waals surface area contributed by atoms with Crippen LogP contribution in [-0.2, 0) is 40.4 Å². The Morgan fingerprint density at radius 1 is 0.870 bits per heavy atom. The number of Topliss-reactive ketones (excluding diaryl/α,β-unsaturated/α-hetero) is 2. The number of nitrogens with one attached hydrogen (secondary N) is 1. The number of amides is 1. The first-order chi connectivity index (χ1) is 21.3. The Morgan fingerprint density at radius 3 is 1.98 bits per heavy atom. The lowest BCUT2D eigenvalue weighted by Crippen LogP contribution is -2.53. The summed E-state index contributed by atoms with van der Waals surface area (Å²) in [6.45, 7) is 19.1. The minimum atomic E-state index is -4.54. The van der Waals surface area contributed by atoms with E-state index in [4.69, 9.17) is 9.47 Å². The van der Waals surface area contributed by atoms with Crippen molar-refractivity contribution in [1.82, 2.24) is 0 Å². The van der Waals surface area contributed by atoms with Gasteiger partial charge in [0.2, 0.25) is 5.91 Å². The summed E-state index contributed by atoms with van der Waals surface area (Å²) in [6, 6.07) is 15.3. The Morgan fingerprint density at radius 2 is 1.43 bits per heavy atom. The first kappa shape index (κ1) is 41.1. The van der Waals surface area contributed by atoms with Gasteiger partial charge >= 0.3 is 0 Å². The molecular weight excluding hydrogens is 606 g/mol. The van der Waals surface area contributed by atoms with Crippen molar-refractivity contribution >= 4 is 33.3 Å². The lowest BCUT2D eigenvalue weighted by Gasteiger charge is -2.43. The molecule has 258 valence electrons. The number of ketones is 2. The summed E-state index contributed by atoms with van der Waals surface area (Å²) in [7, 11) is -4.54. The maximum atomic E-state index is 14.0. The Labute approximate surface area is 276 Å². The smallest absolute Gasteiger partial charge is 0.296 e. The second-order valence-electron chi connectivity index (χ2n) is 13.2. The molecule has 0 heterocycles. The van der Waals surface area contributed by atoms with Gasteiger partial charge < -0.3 is 14.8 Å². The number of anilines is 1. The monoisotopic (exact) mass is 661 g/mol. The predicted octanol–water partition coefficient (Wildman–Crippen LogP) is 7.48. The second-order valence-corrected chi connectivity index (χ2v) is 14.6. The number of carbonyl (C=O) groups is 3. The van der Waals surface area contributed by atoms with Crippen LogP contribution in [0.3, 0.4) is 0 Å². The van der Waals surface area contributed by atoms with Gasteiger partial charge in [0.25, 0.3) is 10.1 Å². The zero-order chi connectivity index (χ0) is 35.3. The largest absolute Gasteiger partial charge is 0.375 e. The summed E-state index contributed by atoms with van der Waals surface area (Å²) >= 11 is 0. The van der Waals surface area contributed by atoms with Crippen molar-refractivity contribution in [2.45, 2.75) is 124 Å². The van der Waals surface area contributed by atoms with E-state index in [2.05, 4.69) is 5.32 Å². The highest BCUT2D eigenvalue weighted by atomic mass is 32.2. The van der Waals surface area contributed by atoms with Crippen molar-refractivity contribution in [3.63, 3.8) is 0 Å². The molecule has 2 unspecified atom stereocenters. The molecule has 0 saturated heterocycles. The van der Waals surface area contributed by atoms with E-state index in [9.17, 15) is 27.4 Å². The van der Waals surface area contributed by atoms with Crippen molar-refractivity contribution in [3.05, 3.63) is 60.2 Å². The molecule has 0 saturated carbocycles. The van der Waals surface area contributed by atoms with Gasteiger partial charge in [-0.15, -0.1) is 0 Å². The van der Waals surface area contributed by atoms with Gasteiger partial charge in [-0.1, -0.05) is 77.1 Å². The molecule has 0 aromatic heterocycles. The number of hydrogen-bond donors (Lipinski definition) is 2. The standard InChI is InChI=1S/C34H49NO8S.C2H6/c1-9-26(36)21-25(23-30(37)35-27-17-13-14-18-29(27)44(39,40)41)19-20-42-34(7,8)33(5,6)31(38)28(43-32(2,3)4)22-24-15-11-10-12-16-24;1-2/h10-18,25,28H,9,19-23H2,1-8H3,(H,35,37)(H,39,40,41);1-2H3. The molecule has 0 spiro atoms. The molecule has 0 fully saturated rings. The summed E-state index contributed by atoms with van der Waals surface area (Å²) < 4.78 is 45.5. The molecule has 2 aromatic rings. The fraction of sp³-hybridized carbons (Fsp3) is 0.583. The van der Waals surface area contributed by atoms with Crippen molar-refractivity contribution in [1.29, 1.82) is 0 Å². The van der Waals surface area contributed by atoms with Crippen LogP contribution in [-0.4, -0.2) is 54.4 Å². The number of hydrogen-bond acceptors (Lipinski definition) is 7. The van der Waals surface area contributed by atoms with Crippen LogP contribution in [0.4, 0.5) is 5.69 Å². The molecule has 2 N–H and O–H groups in total. The van der Waals surface area contributed by atoms with E-state index >= 15 is 0 Å². The second kappa shape index (κ2) is 17.8. The molecule has 2 rings (SSSR count). The number of carbonyl (C=O) groups excluding carboxylic acids is 3. The number of rotatable bonds is 17. The highest BCUT2D eigenvalue weighted by molar-refractivity contribution is 7.86. The van der Waals surface area contributed by atoms with Crippen LogP contribution in [0.25, 0.3) is 0 Å². The summed E-state index contributed by atoms with van der Waals surface area (Å²) in [6.07, 6.45) is 0.491. The van der Waals surface area contributed by atoms with Crippen LogP contribution in [0.5, 0.6) is 0 Å². The molecule has 0 aliphatic rings. The van der Waals surface area contributed by atoms with Gasteiger partial charge in [-0.25, -0.2) is 0 Å². The zero-order valence-electron chi connectivity index (χ0n) is 29.3. The van der Waals surface area contributed by atoms with Crippen molar-refractivity contribution in [2.24, 2.45) is 11.3 Å². The molecule has 46 heavy (non-hydrogen) atoms. The van der Waals surface area contributed by atoms with E-state index in [-0.39, 0.29) is 42.6 Å². The normalized spacial score (nSPS) is 13.6. The van der Waals surface area contributed by atoms with Gasteiger partial charge in [0, 0.05) is 32.3 Å². The molecule has 2 aromatic carbocycles. The number of ether oxygens (including phenoxy) is 2. The molecule has 2 atom stereocenters. The fourth-order valence-electron chi connectivity index (χ4n) is 4.80. The first-order valence-corrected chi connectivity index (χ1v) is 17.5. The summed E-state index contributed by atoms with van der Waals surface area (Å²) in [4.78, 5) is 38.9. The van der Waals surface area contributed by atoms with Crippen molar-refractivity contribution in [2.75, 3.05) is 11.9 Å². The average molecular weight is 662 g/mol. The summed E-state index contributed by atoms with van der Waals surface area (Å²) in [5.41, 5.74) is -1.47. The van der Waals surface area contributed by atoms with Gasteiger partial charge in [-0.3, -0.25) is 18.9 Å². The Bertz CT molecular complexity index is 1380. The predicted molar refractivity (Wildman–Crippen MR) is 182 cm³/mol. The highest BCUT2D eigenvalue weighted by Crippen LogP contribution is 2.38. The summed E-state index contributed by atoms with van der Waals surface area (Å²) in [5.74, 6) is -0.979. The Balaban J connectivity index is 0.00000518. The van der Waals surface area contributed by atoms with Crippen molar-refractivity contribution < 1.29 is 36.8 Å². The van der Waals surface area contributed by atoms with Crippen LogP contribution < -0.4 is 5.32 Å². The average Bonchev–Trinajstić information content (AvgIpc) is 2.96. The van der Waals surface area contributed by atoms with Gasteiger partial charge in [0.05, 0.1) is 22.3 Å². The molecule has 0 bridgehead atoms. The minimum absolute atomic E-state index is 0.0148. The molecule has 0 aliphatic carbocycles. The molecule has 0 aliphatic heterocycles. The van der Waals surface area contributed by atoms with E-state index in [0.29, 0.717) is 19.3 Å². The van der Waals surface area contributed by atoms with Crippen LogP contribution in [0.15, 0.2) is 59.5 Å². The van der Waals surface area contributed by atoms with E-state index in [1.807, 2.05) is 92.6 Å². The SMILES string of the molecule is CC.CCC(=O)CC(CCOC(C)(C)C(C)(C)C(=O)C(Cc1ccccc1)OC(C)(C)C)CC(=O)Nc1ccccc1S(=O)(=O)O. The lowest BCUT2D eigenvalue weighted by molar-refractivity contribution is -0.168. The van der Waals surface area contributed by atoms with Crippen LogP contribution in [0.2, 0.25) is 0 Å². The molecule has 9 nitrogen and oxygen atoms in total. The van der Waals surface area contributed by atoms with E-state index < -0.39 is 43.6 Å². The summed E-state index contributed by atoms with van der Waals surface area (Å²) in [5, 5.41) is 2.55. The fourth-order valence-corrected chi connectivity index (χ4v) is 5.45. The Hall–Kier alpha value is -2.92. The molecular formula is C36H55NO8S. The maximum Gasteiger partial charge on any atom is 0.296 e. The number of benzene rings is 2. The molecule has 10 heteroatoms. The third kappa shape index (κ3) is 13.1. The third-order valence-corrected chi connectivity index (χ3v) is 8.90. The van der Waals surface area contributed by atoms with Crippen LogP contribution >= 0.6 is 0 Å². The van der Waals surface area contributed by atoms with E-state index in [1.54, 1.807) is 6.92 Å². The number of para-hydroxylation sites is 1. The quantitative estimate of drug-likeness (QED) is 0.167. The van der Waals surface area contributed by atoms with Gasteiger partial charge in [0.15, 0.2) is 5.78 Å². The van der Waals surface area contributed by atoms with E-state index in [0.717, 1.165) is 5.56 Å².